The van der Waals surface area contributed by atoms with Crippen LogP contribution < -0.4 is 10.6 Å². The number of benzene rings is 2. The van der Waals surface area contributed by atoms with Crippen LogP contribution in [0.3, 0.4) is 0 Å². The first-order valence-corrected chi connectivity index (χ1v) is 10.8. The molecular weight excluding hydrogens is 459 g/mol. The van der Waals surface area contributed by atoms with Crippen LogP contribution in [0.2, 0.25) is 0 Å². The van der Waals surface area contributed by atoms with Crippen molar-refractivity contribution in [3.8, 4) is 0 Å². The maximum Gasteiger partial charge on any atom is 0.416 e. The van der Waals surface area contributed by atoms with Gasteiger partial charge in [0.05, 0.1) is 23.0 Å². The molecule has 0 fully saturated rings. The largest absolute Gasteiger partial charge is 0.416 e. The second-order valence-corrected chi connectivity index (χ2v) is 8.28. The molecule has 35 heavy (non-hydrogen) atoms. The highest BCUT2D eigenvalue weighted by atomic mass is 19.4. The molecule has 10 heteroatoms. The molecule has 0 aliphatic rings. The fourth-order valence-electron chi connectivity index (χ4n) is 3.59. The smallest absolute Gasteiger partial charge is 0.322 e. The summed E-state index contributed by atoms with van der Waals surface area (Å²) in [4.78, 5) is 30.1. The van der Waals surface area contributed by atoms with Crippen LogP contribution >= 0.6 is 0 Å². The lowest BCUT2D eigenvalue weighted by atomic mass is 10.1. The Morgan fingerprint density at radius 3 is 2.29 bits per heavy atom. The summed E-state index contributed by atoms with van der Waals surface area (Å²) in [5.41, 5.74) is 1.23. The number of nitrogens with one attached hydrogen (secondary N) is 2. The number of rotatable bonds is 5. The fourth-order valence-corrected chi connectivity index (χ4v) is 3.59. The van der Waals surface area contributed by atoms with Gasteiger partial charge in [0.2, 0.25) is 0 Å². The van der Waals surface area contributed by atoms with Crippen molar-refractivity contribution in [2.75, 3.05) is 10.6 Å². The molecule has 2 amide bonds. The number of carbonyl (C=O) groups is 2. The van der Waals surface area contributed by atoms with Crippen LogP contribution in [0.15, 0.2) is 60.8 Å². The molecule has 0 spiro atoms. The van der Waals surface area contributed by atoms with Crippen molar-refractivity contribution in [1.29, 1.82) is 0 Å². The van der Waals surface area contributed by atoms with Crippen molar-refractivity contribution in [3.05, 3.63) is 83.2 Å². The van der Waals surface area contributed by atoms with Crippen LogP contribution in [-0.2, 0) is 6.18 Å². The average molecular weight is 481 g/mol. The summed E-state index contributed by atoms with van der Waals surface area (Å²) in [5.74, 6) is -1.02. The highest BCUT2D eigenvalue weighted by Crippen LogP contribution is 2.31. The highest BCUT2D eigenvalue weighted by Gasteiger charge is 2.30. The molecule has 0 bridgehead atoms. The van der Waals surface area contributed by atoms with Gasteiger partial charge < -0.3 is 10.6 Å². The molecule has 7 nitrogen and oxygen atoms in total. The summed E-state index contributed by atoms with van der Waals surface area (Å²) in [6.07, 6.45) is -2.87. The zero-order valence-electron chi connectivity index (χ0n) is 19.1. The molecule has 0 aliphatic carbocycles. The van der Waals surface area contributed by atoms with E-state index in [1.807, 2.05) is 13.8 Å². The van der Waals surface area contributed by atoms with Gasteiger partial charge in [0, 0.05) is 28.4 Å². The molecule has 2 heterocycles. The van der Waals surface area contributed by atoms with E-state index in [0.717, 1.165) is 17.5 Å². The van der Waals surface area contributed by atoms with Crippen LogP contribution in [0.25, 0.3) is 11.0 Å². The lowest BCUT2D eigenvalue weighted by Crippen LogP contribution is -2.16. The molecule has 180 valence electrons. The van der Waals surface area contributed by atoms with Gasteiger partial charge in [0.1, 0.15) is 0 Å². The van der Waals surface area contributed by atoms with Gasteiger partial charge in [-0.15, -0.1) is 0 Å². The quantitative estimate of drug-likeness (QED) is 0.375. The van der Waals surface area contributed by atoms with E-state index in [9.17, 15) is 22.8 Å². The first kappa shape index (κ1) is 23.9. The zero-order chi connectivity index (χ0) is 25.3. The number of amides is 2. The third-order valence-electron chi connectivity index (χ3n) is 5.32. The van der Waals surface area contributed by atoms with Crippen LogP contribution in [-0.4, -0.2) is 26.6 Å². The Morgan fingerprint density at radius 1 is 0.943 bits per heavy atom. The van der Waals surface area contributed by atoms with Gasteiger partial charge in [0.25, 0.3) is 11.8 Å². The molecule has 4 rings (SSSR count). The predicted octanol–water partition coefficient (Wildman–Crippen LogP) is 5.84. The summed E-state index contributed by atoms with van der Waals surface area (Å²) in [7, 11) is 0. The molecule has 0 unspecified atom stereocenters. The first-order valence-electron chi connectivity index (χ1n) is 10.8. The summed E-state index contributed by atoms with van der Waals surface area (Å²) in [6.45, 7) is 5.70. The highest BCUT2D eigenvalue weighted by molar-refractivity contribution is 6.08. The lowest BCUT2D eigenvalue weighted by molar-refractivity contribution is -0.137. The van der Waals surface area contributed by atoms with Gasteiger partial charge in [-0.25, -0.2) is 9.67 Å². The molecule has 0 aliphatic heterocycles. The minimum absolute atomic E-state index is 0.0104. The Kier molecular flexibility index (Phi) is 6.29. The van der Waals surface area contributed by atoms with Crippen molar-refractivity contribution in [3.63, 3.8) is 0 Å². The Bertz CT molecular complexity index is 1430. The number of hydrogen-bond acceptors (Lipinski definition) is 4. The van der Waals surface area contributed by atoms with E-state index in [0.29, 0.717) is 22.6 Å². The Balaban J connectivity index is 1.52. The van der Waals surface area contributed by atoms with Crippen LogP contribution in [0.5, 0.6) is 0 Å². The second kappa shape index (κ2) is 9.21. The molecule has 2 N–H and O–H groups in total. The number of aromatic nitrogens is 3. The summed E-state index contributed by atoms with van der Waals surface area (Å²) in [5, 5.41) is 10.2. The van der Waals surface area contributed by atoms with E-state index in [-0.39, 0.29) is 17.3 Å². The van der Waals surface area contributed by atoms with E-state index in [1.165, 1.54) is 24.3 Å². The van der Waals surface area contributed by atoms with E-state index in [2.05, 4.69) is 20.7 Å². The SMILES string of the molecule is Cc1nc2c(cnn2C(C)C)cc1C(=O)Nc1cccc(C(=O)Nc2cccc(C(F)(F)F)c2)c1. The van der Waals surface area contributed by atoms with Crippen LogP contribution in [0, 0.1) is 6.92 Å². The number of nitrogens with zero attached hydrogens (tertiary/aromatic N) is 3. The van der Waals surface area contributed by atoms with E-state index in [1.54, 1.807) is 36.0 Å². The van der Waals surface area contributed by atoms with Crippen molar-refractivity contribution >= 4 is 34.2 Å². The van der Waals surface area contributed by atoms with Gasteiger partial charge in [-0.1, -0.05) is 12.1 Å². The number of hydrogen-bond donors (Lipinski definition) is 2. The molecule has 0 saturated heterocycles. The fraction of sp³-hybridized carbons (Fsp3) is 0.200. The van der Waals surface area contributed by atoms with Crippen LogP contribution in [0.1, 0.15) is 51.9 Å². The van der Waals surface area contributed by atoms with E-state index < -0.39 is 23.6 Å². The Morgan fingerprint density at radius 2 is 1.60 bits per heavy atom. The molecule has 0 saturated carbocycles. The minimum Gasteiger partial charge on any atom is -0.322 e. The molecule has 2 aromatic heterocycles. The Labute approximate surface area is 199 Å². The monoisotopic (exact) mass is 481 g/mol. The van der Waals surface area contributed by atoms with Crippen molar-refractivity contribution in [1.82, 2.24) is 14.8 Å². The normalized spacial score (nSPS) is 11.6. The van der Waals surface area contributed by atoms with Gasteiger partial charge in [-0.3, -0.25) is 9.59 Å². The third kappa shape index (κ3) is 5.16. The molecule has 0 atom stereocenters. The average Bonchev–Trinajstić information content (AvgIpc) is 3.21. The minimum atomic E-state index is -4.52. The molecule has 0 radical (unpaired) electrons. The maximum atomic E-state index is 12.9. The number of aryl methyl sites for hydroxylation is 1. The summed E-state index contributed by atoms with van der Waals surface area (Å²) < 4.78 is 40.6. The van der Waals surface area contributed by atoms with Crippen LogP contribution in [0.4, 0.5) is 24.5 Å². The molecular formula is C25H22F3N5O2. The Hall–Kier alpha value is -4.21. The number of alkyl halides is 3. The van der Waals surface area contributed by atoms with E-state index >= 15 is 0 Å². The van der Waals surface area contributed by atoms with Crippen molar-refractivity contribution in [2.45, 2.75) is 33.0 Å². The summed E-state index contributed by atoms with van der Waals surface area (Å²) in [6, 6.07) is 12.3. The van der Waals surface area contributed by atoms with Gasteiger partial charge in [0.15, 0.2) is 5.65 Å². The van der Waals surface area contributed by atoms with E-state index in [4.69, 9.17) is 0 Å². The van der Waals surface area contributed by atoms with Gasteiger partial charge >= 0.3 is 6.18 Å². The third-order valence-corrected chi connectivity index (χ3v) is 5.32. The standard InChI is InChI=1S/C25H22F3N5O2/c1-14(2)33-22-17(13-29-33)11-21(15(3)30-22)24(35)32-19-8-4-6-16(10-19)23(34)31-20-9-5-7-18(12-20)25(26,27)28/h4-14H,1-3H3,(H,31,34)(H,32,35). The number of pyridine rings is 1. The molecule has 4 aromatic rings. The van der Waals surface area contributed by atoms with Gasteiger partial charge in [-0.05, 0) is 63.2 Å². The number of halogens is 3. The topological polar surface area (TPSA) is 88.9 Å². The lowest BCUT2D eigenvalue weighted by Gasteiger charge is -2.12. The number of fused-ring (bicyclic) bond motifs is 1. The van der Waals surface area contributed by atoms with Crippen molar-refractivity contribution in [2.24, 2.45) is 0 Å². The zero-order valence-corrected chi connectivity index (χ0v) is 19.1. The molecule has 2 aromatic carbocycles. The second-order valence-electron chi connectivity index (χ2n) is 8.28. The number of carbonyl (C=O) groups excluding carboxylic acids is 2. The number of anilines is 2. The maximum absolute atomic E-state index is 12.9. The summed E-state index contributed by atoms with van der Waals surface area (Å²) >= 11 is 0. The van der Waals surface area contributed by atoms with Gasteiger partial charge in [-0.2, -0.15) is 18.3 Å². The van der Waals surface area contributed by atoms with Crippen molar-refractivity contribution < 1.29 is 22.8 Å². The predicted molar refractivity (Wildman–Crippen MR) is 126 cm³/mol. The first-order chi connectivity index (χ1) is 16.5.